The fourth-order valence-corrected chi connectivity index (χ4v) is 2.99. The van der Waals surface area contributed by atoms with Crippen molar-refractivity contribution in [1.82, 2.24) is 4.90 Å². The van der Waals surface area contributed by atoms with Gasteiger partial charge >= 0.3 is 0 Å². The smallest absolute Gasteiger partial charge is 0.289 e. The molecule has 0 aliphatic carbocycles. The van der Waals surface area contributed by atoms with Crippen LogP contribution in [0.4, 0.5) is 0 Å². The number of rotatable bonds is 1. The van der Waals surface area contributed by atoms with Gasteiger partial charge in [0.2, 0.25) is 0 Å². The number of hydrogen-bond donors (Lipinski definition) is 1. The van der Waals surface area contributed by atoms with E-state index in [9.17, 15) is 4.79 Å². The van der Waals surface area contributed by atoms with Gasteiger partial charge in [-0.15, -0.1) is 0 Å². The quantitative estimate of drug-likeness (QED) is 0.867. The van der Waals surface area contributed by atoms with Crippen molar-refractivity contribution >= 4 is 16.9 Å². The van der Waals surface area contributed by atoms with E-state index in [1.54, 1.807) is 4.90 Å². The van der Waals surface area contributed by atoms with E-state index in [0.717, 1.165) is 34.1 Å². The maximum absolute atomic E-state index is 12.6. The lowest BCUT2D eigenvalue weighted by Gasteiger charge is -2.14. The average molecular weight is 272 g/mol. The molecule has 2 N–H and O–H groups in total. The van der Waals surface area contributed by atoms with Crippen LogP contribution in [0.15, 0.2) is 16.5 Å². The molecule has 4 heteroatoms. The standard InChI is InChI=1S/C16H20N2O2/c1-9-4-5-10(2)14-13(9)11(3)15(20-14)16(19)18-7-6-12(17)8-18/h4-5,12H,6-8,17H2,1-3H3. The van der Waals surface area contributed by atoms with Crippen LogP contribution < -0.4 is 5.73 Å². The van der Waals surface area contributed by atoms with Gasteiger partial charge < -0.3 is 15.1 Å². The van der Waals surface area contributed by atoms with Crippen LogP contribution in [-0.4, -0.2) is 29.9 Å². The predicted octanol–water partition coefficient (Wildman–Crippen LogP) is 2.53. The molecule has 1 aromatic heterocycles. The minimum Gasteiger partial charge on any atom is -0.450 e. The molecule has 1 unspecified atom stereocenters. The summed E-state index contributed by atoms with van der Waals surface area (Å²) in [5, 5.41) is 1.07. The molecule has 0 bridgehead atoms. The van der Waals surface area contributed by atoms with Gasteiger partial charge in [0.1, 0.15) is 5.58 Å². The Balaban J connectivity index is 2.08. The van der Waals surface area contributed by atoms with Crippen molar-refractivity contribution in [2.24, 2.45) is 5.73 Å². The van der Waals surface area contributed by atoms with Crippen LogP contribution in [0.25, 0.3) is 11.0 Å². The minimum atomic E-state index is -0.0366. The fraction of sp³-hybridized carbons (Fsp3) is 0.438. The molecule has 1 aromatic carbocycles. The van der Waals surface area contributed by atoms with Crippen molar-refractivity contribution in [3.8, 4) is 0 Å². The molecule has 2 aromatic rings. The van der Waals surface area contributed by atoms with Gasteiger partial charge in [0.05, 0.1) is 0 Å². The zero-order valence-corrected chi connectivity index (χ0v) is 12.2. The SMILES string of the molecule is Cc1ccc(C)c2c(C)c(C(=O)N3CCC(N)C3)oc12. The van der Waals surface area contributed by atoms with E-state index in [-0.39, 0.29) is 11.9 Å². The summed E-state index contributed by atoms with van der Waals surface area (Å²) in [6.45, 7) is 7.35. The summed E-state index contributed by atoms with van der Waals surface area (Å²) in [5.41, 5.74) is 9.85. The topological polar surface area (TPSA) is 59.5 Å². The zero-order valence-electron chi connectivity index (χ0n) is 12.2. The molecule has 1 fully saturated rings. The van der Waals surface area contributed by atoms with Gasteiger partial charge in [-0.1, -0.05) is 12.1 Å². The molecular weight excluding hydrogens is 252 g/mol. The summed E-state index contributed by atoms with van der Waals surface area (Å²) in [6, 6.07) is 4.19. The Morgan fingerprint density at radius 1 is 1.30 bits per heavy atom. The average Bonchev–Trinajstić information content (AvgIpc) is 2.98. The summed E-state index contributed by atoms with van der Waals surface area (Å²) in [7, 11) is 0. The highest BCUT2D eigenvalue weighted by Gasteiger charge is 2.29. The first-order valence-corrected chi connectivity index (χ1v) is 7.03. The highest BCUT2D eigenvalue weighted by Crippen LogP contribution is 2.31. The Hall–Kier alpha value is -1.81. The summed E-state index contributed by atoms with van der Waals surface area (Å²) in [4.78, 5) is 14.4. The van der Waals surface area contributed by atoms with Crippen molar-refractivity contribution in [1.29, 1.82) is 0 Å². The van der Waals surface area contributed by atoms with E-state index >= 15 is 0 Å². The molecule has 1 atom stereocenters. The highest BCUT2D eigenvalue weighted by molar-refractivity contribution is 6.00. The molecule has 4 nitrogen and oxygen atoms in total. The van der Waals surface area contributed by atoms with Crippen LogP contribution in [0.1, 0.15) is 33.7 Å². The predicted molar refractivity (Wildman–Crippen MR) is 78.9 cm³/mol. The van der Waals surface area contributed by atoms with Crippen LogP contribution in [0.5, 0.6) is 0 Å². The molecule has 20 heavy (non-hydrogen) atoms. The first-order chi connectivity index (χ1) is 9.49. The number of nitrogens with two attached hydrogens (primary N) is 1. The normalized spacial score (nSPS) is 19.0. The van der Waals surface area contributed by atoms with Gasteiger partial charge in [-0.2, -0.15) is 0 Å². The molecule has 106 valence electrons. The van der Waals surface area contributed by atoms with Gasteiger partial charge in [0.15, 0.2) is 5.76 Å². The lowest BCUT2D eigenvalue weighted by molar-refractivity contribution is 0.0760. The largest absolute Gasteiger partial charge is 0.450 e. The van der Waals surface area contributed by atoms with E-state index in [4.69, 9.17) is 10.2 Å². The Morgan fingerprint density at radius 2 is 2.00 bits per heavy atom. The van der Waals surface area contributed by atoms with Crippen LogP contribution in [-0.2, 0) is 0 Å². The van der Waals surface area contributed by atoms with Crippen molar-refractivity contribution in [3.05, 3.63) is 34.6 Å². The molecule has 1 saturated heterocycles. The number of fused-ring (bicyclic) bond motifs is 1. The zero-order chi connectivity index (χ0) is 14.4. The molecule has 1 aliphatic rings. The highest BCUT2D eigenvalue weighted by atomic mass is 16.3. The molecule has 2 heterocycles. The van der Waals surface area contributed by atoms with E-state index in [1.165, 1.54) is 0 Å². The molecule has 3 rings (SSSR count). The number of benzene rings is 1. The third-order valence-electron chi connectivity index (χ3n) is 4.19. The second-order valence-corrected chi connectivity index (χ2v) is 5.76. The number of hydrogen-bond acceptors (Lipinski definition) is 3. The Labute approximate surface area is 118 Å². The van der Waals surface area contributed by atoms with Gasteiger partial charge in [-0.05, 0) is 38.3 Å². The van der Waals surface area contributed by atoms with Crippen molar-refractivity contribution in [2.45, 2.75) is 33.2 Å². The van der Waals surface area contributed by atoms with Crippen LogP contribution in [0.2, 0.25) is 0 Å². The van der Waals surface area contributed by atoms with Crippen molar-refractivity contribution in [2.75, 3.05) is 13.1 Å². The second kappa shape index (κ2) is 4.63. The lowest BCUT2D eigenvalue weighted by Crippen LogP contribution is -2.31. The molecule has 1 aliphatic heterocycles. The number of likely N-dealkylation sites (tertiary alicyclic amines) is 1. The Bertz CT molecular complexity index is 687. The molecule has 0 spiro atoms. The first-order valence-electron chi connectivity index (χ1n) is 7.03. The van der Waals surface area contributed by atoms with E-state index in [0.29, 0.717) is 18.8 Å². The van der Waals surface area contributed by atoms with Gasteiger partial charge in [-0.3, -0.25) is 4.79 Å². The molecule has 0 saturated carbocycles. The van der Waals surface area contributed by atoms with Gasteiger partial charge in [-0.25, -0.2) is 0 Å². The monoisotopic (exact) mass is 272 g/mol. The van der Waals surface area contributed by atoms with E-state index in [2.05, 4.69) is 6.07 Å². The molecule has 0 radical (unpaired) electrons. The van der Waals surface area contributed by atoms with Crippen molar-refractivity contribution < 1.29 is 9.21 Å². The third kappa shape index (κ3) is 1.91. The van der Waals surface area contributed by atoms with Crippen LogP contribution >= 0.6 is 0 Å². The number of nitrogens with zero attached hydrogens (tertiary/aromatic N) is 1. The van der Waals surface area contributed by atoms with Crippen molar-refractivity contribution in [3.63, 3.8) is 0 Å². The second-order valence-electron chi connectivity index (χ2n) is 5.76. The summed E-state index contributed by atoms with van der Waals surface area (Å²) < 4.78 is 5.89. The van der Waals surface area contributed by atoms with Crippen LogP contribution in [0, 0.1) is 20.8 Å². The molecule has 1 amide bonds. The summed E-state index contributed by atoms with van der Waals surface area (Å²) in [5.74, 6) is 0.428. The van der Waals surface area contributed by atoms with Gasteiger partial charge in [0.25, 0.3) is 5.91 Å². The maximum Gasteiger partial charge on any atom is 0.289 e. The number of amides is 1. The molecular formula is C16H20N2O2. The Morgan fingerprint density at radius 3 is 2.60 bits per heavy atom. The summed E-state index contributed by atoms with van der Waals surface area (Å²) in [6.07, 6.45) is 0.864. The number of carbonyl (C=O) groups excluding carboxylic acids is 1. The van der Waals surface area contributed by atoms with Gasteiger partial charge in [0, 0.05) is 30.1 Å². The van der Waals surface area contributed by atoms with E-state index < -0.39 is 0 Å². The number of carbonyl (C=O) groups is 1. The fourth-order valence-electron chi connectivity index (χ4n) is 2.99. The Kier molecular flexibility index (Phi) is 3.05. The maximum atomic E-state index is 12.6. The minimum absolute atomic E-state index is 0.0366. The third-order valence-corrected chi connectivity index (χ3v) is 4.19. The first kappa shape index (κ1) is 13.2. The van der Waals surface area contributed by atoms with E-state index in [1.807, 2.05) is 26.8 Å². The lowest BCUT2D eigenvalue weighted by atomic mass is 10.0. The van der Waals surface area contributed by atoms with Crippen LogP contribution in [0.3, 0.4) is 0 Å². The number of furan rings is 1. The number of aryl methyl sites for hydroxylation is 3. The summed E-state index contributed by atoms with van der Waals surface area (Å²) >= 11 is 0.